The third-order valence-corrected chi connectivity index (χ3v) is 4.82. The SMILES string of the molecule is COC1(c2noc(CC(N)C3CC3)n2)CCCCCC1. The van der Waals surface area contributed by atoms with Gasteiger partial charge in [-0.2, -0.15) is 4.98 Å². The second-order valence-electron chi connectivity index (χ2n) is 6.33. The van der Waals surface area contributed by atoms with Crippen LogP contribution >= 0.6 is 0 Å². The van der Waals surface area contributed by atoms with Crippen molar-refractivity contribution in [1.82, 2.24) is 10.1 Å². The summed E-state index contributed by atoms with van der Waals surface area (Å²) in [6.07, 6.45) is 10.0. The Morgan fingerprint density at radius 2 is 2.00 bits per heavy atom. The largest absolute Gasteiger partial charge is 0.370 e. The van der Waals surface area contributed by atoms with Gasteiger partial charge in [0, 0.05) is 19.6 Å². The van der Waals surface area contributed by atoms with E-state index in [4.69, 9.17) is 15.0 Å². The van der Waals surface area contributed by atoms with E-state index in [0.717, 1.165) is 18.7 Å². The molecule has 1 aromatic rings. The van der Waals surface area contributed by atoms with Gasteiger partial charge >= 0.3 is 0 Å². The van der Waals surface area contributed by atoms with Crippen LogP contribution in [0.3, 0.4) is 0 Å². The summed E-state index contributed by atoms with van der Waals surface area (Å²) in [5, 5.41) is 4.19. The summed E-state index contributed by atoms with van der Waals surface area (Å²) in [7, 11) is 1.76. The molecule has 2 aliphatic carbocycles. The average Bonchev–Trinajstić information content (AvgIpc) is 3.25. The van der Waals surface area contributed by atoms with Gasteiger partial charge in [0.25, 0.3) is 0 Å². The number of hydrogen-bond donors (Lipinski definition) is 1. The molecule has 1 heterocycles. The summed E-state index contributed by atoms with van der Waals surface area (Å²) in [5.74, 6) is 2.04. The van der Waals surface area contributed by atoms with E-state index in [1.807, 2.05) is 0 Å². The minimum Gasteiger partial charge on any atom is -0.370 e. The normalized spacial score (nSPS) is 24.3. The molecule has 1 aromatic heterocycles. The number of nitrogens with two attached hydrogens (primary N) is 1. The molecular formula is C15H25N3O2. The van der Waals surface area contributed by atoms with Crippen LogP contribution in [0.5, 0.6) is 0 Å². The lowest BCUT2D eigenvalue weighted by Gasteiger charge is -2.27. The highest BCUT2D eigenvalue weighted by atomic mass is 16.5. The number of hydrogen-bond acceptors (Lipinski definition) is 5. The molecule has 5 heteroatoms. The zero-order chi connectivity index (χ0) is 14.0. The van der Waals surface area contributed by atoms with Gasteiger partial charge in [0.1, 0.15) is 5.60 Å². The second kappa shape index (κ2) is 5.82. The molecule has 0 aliphatic heterocycles. The number of methoxy groups -OCH3 is 1. The van der Waals surface area contributed by atoms with Crippen LogP contribution in [0.15, 0.2) is 4.52 Å². The molecule has 5 nitrogen and oxygen atoms in total. The molecule has 2 aliphatic rings. The molecular weight excluding hydrogens is 254 g/mol. The highest BCUT2D eigenvalue weighted by Gasteiger charge is 2.38. The summed E-state index contributed by atoms with van der Waals surface area (Å²) in [4.78, 5) is 4.59. The molecule has 1 atom stereocenters. The number of rotatable bonds is 5. The lowest BCUT2D eigenvalue weighted by molar-refractivity contribution is -0.0365. The maximum atomic E-state index is 6.13. The van der Waals surface area contributed by atoms with Crippen molar-refractivity contribution in [3.63, 3.8) is 0 Å². The molecule has 1 unspecified atom stereocenters. The topological polar surface area (TPSA) is 74.2 Å². The fourth-order valence-electron chi connectivity index (χ4n) is 3.23. The fourth-order valence-corrected chi connectivity index (χ4v) is 3.23. The third kappa shape index (κ3) is 2.88. The first-order valence-corrected chi connectivity index (χ1v) is 7.87. The summed E-state index contributed by atoms with van der Waals surface area (Å²) in [5.41, 5.74) is 5.78. The second-order valence-corrected chi connectivity index (χ2v) is 6.33. The van der Waals surface area contributed by atoms with E-state index in [1.54, 1.807) is 7.11 Å². The van der Waals surface area contributed by atoms with E-state index in [1.165, 1.54) is 38.5 Å². The smallest absolute Gasteiger partial charge is 0.228 e. The molecule has 2 saturated carbocycles. The molecule has 2 fully saturated rings. The van der Waals surface area contributed by atoms with Gasteiger partial charge in [-0.15, -0.1) is 0 Å². The van der Waals surface area contributed by atoms with Crippen LogP contribution in [0.1, 0.15) is 63.1 Å². The van der Waals surface area contributed by atoms with E-state index in [-0.39, 0.29) is 11.6 Å². The van der Waals surface area contributed by atoms with E-state index in [2.05, 4.69) is 10.1 Å². The Hall–Kier alpha value is -0.940. The van der Waals surface area contributed by atoms with Crippen LogP contribution in [0, 0.1) is 5.92 Å². The van der Waals surface area contributed by atoms with Gasteiger partial charge in [0.2, 0.25) is 11.7 Å². The van der Waals surface area contributed by atoms with Gasteiger partial charge in [-0.1, -0.05) is 30.8 Å². The number of ether oxygens (including phenoxy) is 1. The van der Waals surface area contributed by atoms with Crippen LogP contribution in [0.4, 0.5) is 0 Å². The zero-order valence-corrected chi connectivity index (χ0v) is 12.3. The number of nitrogens with zero attached hydrogens (tertiary/aromatic N) is 2. The Bertz CT molecular complexity index is 434. The predicted molar refractivity (Wildman–Crippen MR) is 75.1 cm³/mol. The highest BCUT2D eigenvalue weighted by molar-refractivity contribution is 5.04. The summed E-state index contributed by atoms with van der Waals surface area (Å²) in [6, 6.07) is 0.163. The van der Waals surface area contributed by atoms with E-state index < -0.39 is 0 Å². The molecule has 0 saturated heterocycles. The van der Waals surface area contributed by atoms with Crippen molar-refractivity contribution in [2.24, 2.45) is 11.7 Å². The molecule has 0 amide bonds. The summed E-state index contributed by atoms with van der Waals surface area (Å²) in [6.45, 7) is 0. The van der Waals surface area contributed by atoms with Crippen molar-refractivity contribution in [2.45, 2.75) is 69.4 Å². The lowest BCUT2D eigenvalue weighted by atomic mass is 9.93. The van der Waals surface area contributed by atoms with Crippen LogP contribution < -0.4 is 5.73 Å². The Balaban J connectivity index is 1.72. The molecule has 3 rings (SSSR count). The first-order valence-electron chi connectivity index (χ1n) is 7.87. The molecule has 0 aromatic carbocycles. The maximum absolute atomic E-state index is 6.13. The molecule has 2 N–H and O–H groups in total. The fraction of sp³-hybridized carbons (Fsp3) is 0.867. The number of aromatic nitrogens is 2. The van der Waals surface area contributed by atoms with Crippen LogP contribution in [-0.4, -0.2) is 23.3 Å². The minimum atomic E-state index is -0.345. The Morgan fingerprint density at radius 3 is 2.60 bits per heavy atom. The highest BCUT2D eigenvalue weighted by Crippen LogP contribution is 2.38. The van der Waals surface area contributed by atoms with Crippen molar-refractivity contribution >= 4 is 0 Å². The van der Waals surface area contributed by atoms with Gasteiger partial charge in [0.15, 0.2) is 0 Å². The molecule has 20 heavy (non-hydrogen) atoms. The van der Waals surface area contributed by atoms with E-state index >= 15 is 0 Å². The molecule has 0 bridgehead atoms. The quantitative estimate of drug-likeness (QED) is 0.838. The van der Waals surface area contributed by atoms with Crippen molar-refractivity contribution < 1.29 is 9.26 Å². The summed E-state index contributed by atoms with van der Waals surface area (Å²) < 4.78 is 11.2. The van der Waals surface area contributed by atoms with Crippen LogP contribution in [0.25, 0.3) is 0 Å². The molecule has 112 valence electrons. The maximum Gasteiger partial charge on any atom is 0.228 e. The van der Waals surface area contributed by atoms with Gasteiger partial charge in [-0.25, -0.2) is 0 Å². The van der Waals surface area contributed by atoms with Crippen LogP contribution in [-0.2, 0) is 16.8 Å². The van der Waals surface area contributed by atoms with E-state index in [9.17, 15) is 0 Å². The van der Waals surface area contributed by atoms with Gasteiger partial charge in [0.05, 0.1) is 0 Å². The molecule has 0 radical (unpaired) electrons. The van der Waals surface area contributed by atoms with Gasteiger partial charge < -0.3 is 15.0 Å². The van der Waals surface area contributed by atoms with Crippen LogP contribution in [0.2, 0.25) is 0 Å². The third-order valence-electron chi connectivity index (χ3n) is 4.82. The predicted octanol–water partition coefficient (Wildman–Crippen LogP) is 2.55. The Kier molecular flexibility index (Phi) is 4.08. The van der Waals surface area contributed by atoms with Crippen molar-refractivity contribution in [3.8, 4) is 0 Å². The van der Waals surface area contributed by atoms with Crippen molar-refractivity contribution in [3.05, 3.63) is 11.7 Å². The van der Waals surface area contributed by atoms with E-state index in [0.29, 0.717) is 18.2 Å². The monoisotopic (exact) mass is 279 g/mol. The van der Waals surface area contributed by atoms with Gasteiger partial charge in [-0.05, 0) is 31.6 Å². The summed E-state index contributed by atoms with van der Waals surface area (Å²) >= 11 is 0. The van der Waals surface area contributed by atoms with Crippen molar-refractivity contribution in [2.75, 3.05) is 7.11 Å². The first-order chi connectivity index (χ1) is 9.73. The Labute approximate surface area is 120 Å². The van der Waals surface area contributed by atoms with Gasteiger partial charge in [-0.3, -0.25) is 0 Å². The van der Waals surface area contributed by atoms with Crippen molar-refractivity contribution in [1.29, 1.82) is 0 Å². The minimum absolute atomic E-state index is 0.163. The standard InChI is InChI=1S/C15H25N3O2/c1-19-15(8-4-2-3-5-9-15)14-17-13(20-18-14)10-12(16)11-6-7-11/h11-12H,2-10,16H2,1H3. The first kappa shape index (κ1) is 14.0. The molecule has 0 spiro atoms. The Morgan fingerprint density at radius 1 is 1.30 bits per heavy atom. The lowest BCUT2D eigenvalue weighted by Crippen LogP contribution is -2.29. The average molecular weight is 279 g/mol. The zero-order valence-electron chi connectivity index (χ0n) is 12.3.